The molecule has 0 fully saturated rings. The van der Waals surface area contributed by atoms with Gasteiger partial charge >= 0.3 is 0 Å². The Bertz CT molecular complexity index is 1080. The van der Waals surface area contributed by atoms with E-state index in [1.165, 1.54) is 19.2 Å². The van der Waals surface area contributed by atoms with Crippen LogP contribution in [0.15, 0.2) is 72.8 Å². The second-order valence-electron chi connectivity index (χ2n) is 6.43. The van der Waals surface area contributed by atoms with Crippen molar-refractivity contribution in [2.75, 3.05) is 12.4 Å². The van der Waals surface area contributed by atoms with Crippen LogP contribution < -0.4 is 10.1 Å². The molecule has 0 atom stereocenters. The summed E-state index contributed by atoms with van der Waals surface area (Å²) in [6.07, 6.45) is 1.64. The Kier molecular flexibility index (Phi) is 6.04. The van der Waals surface area contributed by atoms with Crippen molar-refractivity contribution in [3.8, 4) is 5.75 Å². The van der Waals surface area contributed by atoms with Crippen LogP contribution >= 0.6 is 0 Å². The number of hydrogen-bond donors (Lipinski definition) is 1. The highest BCUT2D eigenvalue weighted by atomic mass is 16.6. The molecular formula is C23H20N2O4. The Hall–Kier alpha value is -3.93. The van der Waals surface area contributed by atoms with E-state index in [1.807, 2.05) is 49.4 Å². The van der Waals surface area contributed by atoms with Crippen LogP contribution in [0.4, 0.5) is 11.4 Å². The fourth-order valence-electron chi connectivity index (χ4n) is 2.90. The molecule has 3 aromatic rings. The predicted molar refractivity (Wildman–Crippen MR) is 114 cm³/mol. The lowest BCUT2D eigenvalue weighted by Crippen LogP contribution is -2.14. The number of rotatable bonds is 6. The van der Waals surface area contributed by atoms with E-state index in [0.29, 0.717) is 28.1 Å². The monoisotopic (exact) mass is 388 g/mol. The zero-order valence-corrected chi connectivity index (χ0v) is 16.1. The molecule has 0 aromatic heterocycles. The standard InChI is InChI=1S/C23H20N2O4/c1-16-11-12-22(29-2)21(13-16)24-23(26)20(18-8-4-3-5-9-18)15-17-7-6-10-19(14-17)25(27)28/h3-15H,1-2H3,(H,24,26). The van der Waals surface area contributed by atoms with Crippen LogP contribution in [0.5, 0.6) is 5.75 Å². The fraction of sp³-hybridized carbons (Fsp3) is 0.0870. The largest absolute Gasteiger partial charge is 0.495 e. The number of nitrogens with one attached hydrogen (secondary N) is 1. The van der Waals surface area contributed by atoms with Gasteiger partial charge in [-0.2, -0.15) is 0 Å². The molecule has 146 valence electrons. The summed E-state index contributed by atoms with van der Waals surface area (Å²) in [7, 11) is 1.54. The highest BCUT2D eigenvalue weighted by Gasteiger charge is 2.15. The van der Waals surface area contributed by atoms with Gasteiger partial charge in [-0.1, -0.05) is 48.5 Å². The molecule has 0 unspecified atom stereocenters. The van der Waals surface area contributed by atoms with Gasteiger partial charge < -0.3 is 10.1 Å². The Morgan fingerprint density at radius 1 is 1.03 bits per heavy atom. The van der Waals surface area contributed by atoms with E-state index in [4.69, 9.17) is 4.74 Å². The van der Waals surface area contributed by atoms with Crippen LogP contribution in [0.25, 0.3) is 11.6 Å². The SMILES string of the molecule is COc1ccc(C)cc1NC(=O)C(=Cc1cccc([N+](=O)[O-])c1)c1ccccc1. The van der Waals surface area contributed by atoms with Crippen molar-refractivity contribution >= 4 is 28.9 Å². The van der Waals surface area contributed by atoms with Crippen molar-refractivity contribution < 1.29 is 14.5 Å². The molecule has 0 bridgehead atoms. The molecule has 29 heavy (non-hydrogen) atoms. The van der Waals surface area contributed by atoms with Gasteiger partial charge in [-0.25, -0.2) is 0 Å². The topological polar surface area (TPSA) is 81.5 Å². The lowest BCUT2D eigenvalue weighted by atomic mass is 10.0. The maximum atomic E-state index is 13.1. The van der Waals surface area contributed by atoms with Gasteiger partial charge in [0.1, 0.15) is 5.75 Å². The fourth-order valence-corrected chi connectivity index (χ4v) is 2.90. The molecule has 0 saturated carbocycles. The van der Waals surface area contributed by atoms with Crippen LogP contribution in [0.2, 0.25) is 0 Å². The number of amides is 1. The van der Waals surface area contributed by atoms with Gasteiger partial charge in [-0.15, -0.1) is 0 Å². The van der Waals surface area contributed by atoms with E-state index < -0.39 is 4.92 Å². The number of ether oxygens (including phenoxy) is 1. The minimum absolute atomic E-state index is 0.0353. The highest BCUT2D eigenvalue weighted by Crippen LogP contribution is 2.28. The Morgan fingerprint density at radius 3 is 2.48 bits per heavy atom. The maximum Gasteiger partial charge on any atom is 0.270 e. The second kappa shape index (κ2) is 8.84. The predicted octanol–water partition coefficient (Wildman–Crippen LogP) is 5.09. The van der Waals surface area contributed by atoms with Gasteiger partial charge in [0.2, 0.25) is 0 Å². The molecule has 6 heteroatoms. The molecule has 0 aliphatic carbocycles. The molecule has 0 heterocycles. The molecule has 0 aliphatic rings. The quantitative estimate of drug-likeness (QED) is 0.276. The number of hydrogen-bond acceptors (Lipinski definition) is 4. The number of nitro benzene ring substituents is 1. The Labute approximate surface area is 168 Å². The number of aryl methyl sites for hydroxylation is 1. The molecule has 3 rings (SSSR count). The van der Waals surface area contributed by atoms with Gasteiger partial charge in [0.15, 0.2) is 0 Å². The lowest BCUT2D eigenvalue weighted by molar-refractivity contribution is -0.384. The summed E-state index contributed by atoms with van der Waals surface area (Å²) in [5.41, 5.74) is 3.14. The Morgan fingerprint density at radius 2 is 1.79 bits per heavy atom. The smallest absolute Gasteiger partial charge is 0.270 e. The maximum absolute atomic E-state index is 13.1. The van der Waals surface area contributed by atoms with E-state index in [0.717, 1.165) is 5.56 Å². The molecule has 0 spiro atoms. The third kappa shape index (κ3) is 4.87. The Balaban J connectivity index is 2.03. The summed E-state index contributed by atoms with van der Waals surface area (Å²) < 4.78 is 5.34. The average Bonchev–Trinajstić information content (AvgIpc) is 2.73. The second-order valence-corrected chi connectivity index (χ2v) is 6.43. The number of methoxy groups -OCH3 is 1. The van der Waals surface area contributed by atoms with Gasteiger partial charge in [-0.3, -0.25) is 14.9 Å². The van der Waals surface area contributed by atoms with Crippen LogP contribution in [-0.2, 0) is 4.79 Å². The molecule has 0 saturated heterocycles. The van der Waals surface area contributed by atoms with Crippen LogP contribution in [0, 0.1) is 17.0 Å². The van der Waals surface area contributed by atoms with Gasteiger partial charge in [0.05, 0.1) is 17.7 Å². The van der Waals surface area contributed by atoms with Crippen LogP contribution in [0.3, 0.4) is 0 Å². The molecule has 3 aromatic carbocycles. The molecular weight excluding hydrogens is 368 g/mol. The third-order valence-electron chi connectivity index (χ3n) is 4.32. The van der Waals surface area contributed by atoms with Crippen LogP contribution in [0.1, 0.15) is 16.7 Å². The molecule has 1 N–H and O–H groups in total. The number of nitro groups is 1. The summed E-state index contributed by atoms with van der Waals surface area (Å²) in [5, 5.41) is 14.0. The molecule has 6 nitrogen and oxygen atoms in total. The van der Waals surface area contributed by atoms with E-state index >= 15 is 0 Å². The first-order chi connectivity index (χ1) is 14.0. The minimum atomic E-state index is -0.461. The number of nitrogens with zero attached hydrogens (tertiary/aromatic N) is 1. The van der Waals surface area contributed by atoms with Gasteiger partial charge in [0.25, 0.3) is 11.6 Å². The number of carbonyl (C=O) groups is 1. The van der Waals surface area contributed by atoms with E-state index in [1.54, 1.807) is 24.3 Å². The number of non-ortho nitro benzene ring substituents is 1. The summed E-state index contributed by atoms with van der Waals surface area (Å²) in [5.74, 6) is 0.207. The molecule has 0 radical (unpaired) electrons. The number of benzene rings is 3. The van der Waals surface area contributed by atoms with Crippen molar-refractivity contribution in [1.82, 2.24) is 0 Å². The van der Waals surface area contributed by atoms with E-state index in [-0.39, 0.29) is 11.6 Å². The zero-order chi connectivity index (χ0) is 20.8. The highest BCUT2D eigenvalue weighted by molar-refractivity contribution is 6.29. The third-order valence-corrected chi connectivity index (χ3v) is 4.32. The summed E-state index contributed by atoms with van der Waals surface area (Å²) in [4.78, 5) is 23.8. The van der Waals surface area contributed by atoms with Crippen molar-refractivity contribution in [3.63, 3.8) is 0 Å². The zero-order valence-electron chi connectivity index (χ0n) is 16.1. The first kappa shape index (κ1) is 19.8. The van der Waals surface area contributed by atoms with Crippen LogP contribution in [-0.4, -0.2) is 17.9 Å². The first-order valence-corrected chi connectivity index (χ1v) is 8.95. The summed E-state index contributed by atoms with van der Waals surface area (Å²) >= 11 is 0. The minimum Gasteiger partial charge on any atom is -0.495 e. The van der Waals surface area contributed by atoms with Crippen molar-refractivity contribution in [1.29, 1.82) is 0 Å². The molecule has 1 amide bonds. The van der Waals surface area contributed by atoms with Crippen molar-refractivity contribution in [2.24, 2.45) is 0 Å². The number of carbonyl (C=O) groups excluding carboxylic acids is 1. The van der Waals surface area contributed by atoms with E-state index in [2.05, 4.69) is 5.32 Å². The van der Waals surface area contributed by atoms with E-state index in [9.17, 15) is 14.9 Å². The van der Waals surface area contributed by atoms with Crippen molar-refractivity contribution in [3.05, 3.63) is 99.6 Å². The van der Waals surface area contributed by atoms with Gasteiger partial charge in [0, 0.05) is 17.7 Å². The van der Waals surface area contributed by atoms with Gasteiger partial charge in [-0.05, 0) is 41.8 Å². The summed E-state index contributed by atoms with van der Waals surface area (Å²) in [6, 6.07) is 20.8. The normalized spacial score (nSPS) is 11.0. The average molecular weight is 388 g/mol. The first-order valence-electron chi connectivity index (χ1n) is 8.95. The molecule has 0 aliphatic heterocycles. The lowest BCUT2D eigenvalue weighted by Gasteiger charge is -2.13. The summed E-state index contributed by atoms with van der Waals surface area (Å²) in [6.45, 7) is 1.92. The van der Waals surface area contributed by atoms with Crippen molar-refractivity contribution in [2.45, 2.75) is 6.92 Å². The number of anilines is 1.